The van der Waals surface area contributed by atoms with Crippen LogP contribution in [0.3, 0.4) is 0 Å². The van der Waals surface area contributed by atoms with Gasteiger partial charge in [-0.1, -0.05) is 39.0 Å². The number of nitrogens with one attached hydrogen (secondary N) is 1. The molecule has 0 aliphatic rings. The summed E-state index contributed by atoms with van der Waals surface area (Å²) in [6, 6.07) is 3.58. The molecule has 1 rings (SSSR count). The van der Waals surface area contributed by atoms with Crippen molar-refractivity contribution in [3.63, 3.8) is 0 Å². The molecule has 0 bridgehead atoms. The highest BCUT2D eigenvalue weighted by Gasteiger charge is 2.02. The Bertz CT molecular complexity index is 342. The summed E-state index contributed by atoms with van der Waals surface area (Å²) in [5.74, 6) is 1.32. The Balaban J connectivity index is 2.22. The fourth-order valence-corrected chi connectivity index (χ4v) is 1.82. The summed E-state index contributed by atoms with van der Waals surface area (Å²) in [6.07, 6.45) is 7.71. The van der Waals surface area contributed by atoms with Crippen LogP contribution in [-0.4, -0.2) is 18.6 Å². The summed E-state index contributed by atoms with van der Waals surface area (Å²) < 4.78 is 5.07. The van der Waals surface area contributed by atoms with Crippen LogP contribution in [0.2, 0.25) is 0 Å². The van der Waals surface area contributed by atoms with Gasteiger partial charge in [-0.05, 0) is 12.5 Å². The predicted molar refractivity (Wildman–Crippen MR) is 77.1 cm³/mol. The molecule has 4 heteroatoms. The molecule has 0 radical (unpaired) electrons. The molecule has 0 unspecified atom stereocenters. The molecule has 0 aromatic carbocycles. The van der Waals surface area contributed by atoms with Crippen molar-refractivity contribution in [3.8, 4) is 5.88 Å². The van der Waals surface area contributed by atoms with Crippen molar-refractivity contribution in [2.24, 2.45) is 0 Å². The number of ether oxygens (including phenoxy) is 1. The van der Waals surface area contributed by atoms with E-state index in [1.54, 1.807) is 13.2 Å². The van der Waals surface area contributed by atoms with Gasteiger partial charge < -0.3 is 15.8 Å². The maximum absolute atomic E-state index is 5.84. The van der Waals surface area contributed by atoms with E-state index < -0.39 is 0 Å². The quantitative estimate of drug-likeness (QED) is 0.660. The van der Waals surface area contributed by atoms with Crippen molar-refractivity contribution in [1.82, 2.24) is 4.98 Å². The van der Waals surface area contributed by atoms with Gasteiger partial charge in [0.05, 0.1) is 12.8 Å². The van der Waals surface area contributed by atoms with Gasteiger partial charge in [0.2, 0.25) is 5.88 Å². The van der Waals surface area contributed by atoms with Crippen molar-refractivity contribution in [2.75, 3.05) is 24.7 Å². The lowest BCUT2D eigenvalue weighted by Gasteiger charge is -2.09. The number of hydrogen-bond donors (Lipinski definition) is 2. The third kappa shape index (κ3) is 5.25. The van der Waals surface area contributed by atoms with E-state index in [1.807, 2.05) is 6.07 Å². The number of pyridine rings is 1. The Labute approximate surface area is 110 Å². The molecule has 0 fully saturated rings. The zero-order chi connectivity index (χ0) is 13.2. The summed E-state index contributed by atoms with van der Waals surface area (Å²) in [7, 11) is 1.61. The number of nitrogens with zero attached hydrogens (tertiary/aromatic N) is 1. The maximum Gasteiger partial charge on any atom is 0.215 e. The van der Waals surface area contributed by atoms with Crippen molar-refractivity contribution in [2.45, 2.75) is 45.4 Å². The van der Waals surface area contributed by atoms with Gasteiger partial charge in [-0.2, -0.15) is 4.98 Å². The van der Waals surface area contributed by atoms with E-state index in [2.05, 4.69) is 17.2 Å². The molecule has 1 heterocycles. The van der Waals surface area contributed by atoms with E-state index in [-0.39, 0.29) is 0 Å². The molecule has 1 aromatic rings. The molecule has 0 amide bonds. The monoisotopic (exact) mass is 251 g/mol. The first-order valence-corrected chi connectivity index (χ1v) is 6.82. The number of unbranched alkanes of at least 4 members (excludes halogenated alkanes) is 5. The van der Waals surface area contributed by atoms with E-state index in [0.29, 0.717) is 11.6 Å². The van der Waals surface area contributed by atoms with E-state index in [1.165, 1.54) is 32.1 Å². The molecule has 18 heavy (non-hydrogen) atoms. The van der Waals surface area contributed by atoms with Gasteiger partial charge in [0.1, 0.15) is 0 Å². The Kier molecular flexibility index (Phi) is 6.99. The van der Waals surface area contributed by atoms with E-state index in [9.17, 15) is 0 Å². The topological polar surface area (TPSA) is 60.2 Å². The molecule has 102 valence electrons. The van der Waals surface area contributed by atoms with Crippen LogP contribution in [0.25, 0.3) is 0 Å². The summed E-state index contributed by atoms with van der Waals surface area (Å²) in [5, 5.41) is 3.26. The predicted octanol–water partition coefficient (Wildman–Crippen LogP) is 3.44. The molecule has 0 atom stereocenters. The zero-order valence-electron chi connectivity index (χ0n) is 11.5. The lowest BCUT2D eigenvalue weighted by Crippen LogP contribution is -2.06. The van der Waals surface area contributed by atoms with Gasteiger partial charge in [-0.25, -0.2) is 0 Å². The van der Waals surface area contributed by atoms with Gasteiger partial charge in [0, 0.05) is 12.6 Å². The third-order valence-electron chi connectivity index (χ3n) is 2.93. The molecule has 4 nitrogen and oxygen atoms in total. The molecular formula is C14H25N3O. The SMILES string of the molecule is CCCCCCCCNc1nc(OC)ccc1N. The van der Waals surface area contributed by atoms with Crippen LogP contribution >= 0.6 is 0 Å². The minimum Gasteiger partial charge on any atom is -0.481 e. The van der Waals surface area contributed by atoms with Crippen LogP contribution in [-0.2, 0) is 0 Å². The molecule has 3 N–H and O–H groups in total. The number of aromatic nitrogens is 1. The maximum atomic E-state index is 5.84. The van der Waals surface area contributed by atoms with Crippen molar-refractivity contribution in [1.29, 1.82) is 0 Å². The Morgan fingerprint density at radius 3 is 2.61 bits per heavy atom. The van der Waals surface area contributed by atoms with Crippen molar-refractivity contribution < 1.29 is 4.74 Å². The van der Waals surface area contributed by atoms with Gasteiger partial charge >= 0.3 is 0 Å². The molecule has 1 aromatic heterocycles. The van der Waals surface area contributed by atoms with E-state index in [4.69, 9.17) is 10.5 Å². The fraction of sp³-hybridized carbons (Fsp3) is 0.643. The highest BCUT2D eigenvalue weighted by atomic mass is 16.5. The smallest absolute Gasteiger partial charge is 0.215 e. The average molecular weight is 251 g/mol. The standard InChI is InChI=1S/C14H25N3O/c1-3-4-5-6-7-8-11-16-14-12(15)9-10-13(17-14)18-2/h9-10H,3-8,11,15H2,1-2H3,(H,16,17). The van der Waals surface area contributed by atoms with Gasteiger partial charge in [-0.15, -0.1) is 0 Å². The van der Waals surface area contributed by atoms with E-state index >= 15 is 0 Å². The molecular weight excluding hydrogens is 226 g/mol. The lowest BCUT2D eigenvalue weighted by atomic mass is 10.1. The van der Waals surface area contributed by atoms with Gasteiger partial charge in [-0.3, -0.25) is 0 Å². The average Bonchev–Trinajstić information content (AvgIpc) is 2.39. The van der Waals surface area contributed by atoms with Crippen molar-refractivity contribution >= 4 is 11.5 Å². The number of nitrogens with two attached hydrogens (primary N) is 1. The minimum absolute atomic E-state index is 0.592. The Hall–Kier alpha value is -1.45. The number of anilines is 2. The van der Waals surface area contributed by atoms with Crippen molar-refractivity contribution in [3.05, 3.63) is 12.1 Å². The lowest BCUT2D eigenvalue weighted by molar-refractivity contribution is 0.398. The number of rotatable bonds is 9. The van der Waals surface area contributed by atoms with Crippen LogP contribution in [0.4, 0.5) is 11.5 Å². The zero-order valence-corrected chi connectivity index (χ0v) is 11.5. The number of hydrogen-bond acceptors (Lipinski definition) is 4. The van der Waals surface area contributed by atoms with Gasteiger partial charge in [0.25, 0.3) is 0 Å². The summed E-state index contributed by atoms with van der Waals surface area (Å²) in [4.78, 5) is 4.28. The van der Waals surface area contributed by atoms with Gasteiger partial charge in [0.15, 0.2) is 5.82 Å². The normalized spacial score (nSPS) is 10.3. The van der Waals surface area contributed by atoms with Crippen LogP contribution in [0.1, 0.15) is 45.4 Å². The second kappa shape index (κ2) is 8.61. The summed E-state index contributed by atoms with van der Waals surface area (Å²) in [6.45, 7) is 3.15. The first-order chi connectivity index (χ1) is 8.77. The summed E-state index contributed by atoms with van der Waals surface area (Å²) in [5.41, 5.74) is 6.51. The van der Waals surface area contributed by atoms with Crippen LogP contribution in [0.5, 0.6) is 5.88 Å². The third-order valence-corrected chi connectivity index (χ3v) is 2.93. The highest BCUT2D eigenvalue weighted by Crippen LogP contribution is 2.19. The first-order valence-electron chi connectivity index (χ1n) is 6.82. The fourth-order valence-electron chi connectivity index (χ4n) is 1.82. The molecule has 0 spiro atoms. The van der Waals surface area contributed by atoms with Crippen LogP contribution < -0.4 is 15.8 Å². The van der Waals surface area contributed by atoms with Crippen LogP contribution in [0.15, 0.2) is 12.1 Å². The first kappa shape index (κ1) is 14.6. The van der Waals surface area contributed by atoms with E-state index in [0.717, 1.165) is 18.8 Å². The van der Waals surface area contributed by atoms with Crippen LogP contribution in [0, 0.1) is 0 Å². The molecule has 0 saturated carbocycles. The minimum atomic E-state index is 0.592. The highest BCUT2D eigenvalue weighted by molar-refractivity contribution is 5.61. The Morgan fingerprint density at radius 2 is 1.89 bits per heavy atom. The summed E-state index contributed by atoms with van der Waals surface area (Å²) >= 11 is 0. The largest absolute Gasteiger partial charge is 0.481 e. The Morgan fingerprint density at radius 1 is 1.17 bits per heavy atom. The molecule has 0 aliphatic carbocycles. The number of methoxy groups -OCH3 is 1. The second-order valence-electron chi connectivity index (χ2n) is 4.49. The molecule has 0 aliphatic heterocycles. The molecule has 0 saturated heterocycles. The number of nitrogen functional groups attached to an aromatic ring is 1. The second-order valence-corrected chi connectivity index (χ2v) is 4.49.